The molecule has 0 unspecified atom stereocenters. The second-order valence-electron chi connectivity index (χ2n) is 10.1. The van der Waals surface area contributed by atoms with E-state index in [4.69, 9.17) is 0 Å². The molecule has 0 spiro atoms. The molecule has 8 heteroatoms. The first kappa shape index (κ1) is 22.8. The van der Waals surface area contributed by atoms with Crippen molar-refractivity contribution in [1.82, 2.24) is 9.88 Å². The van der Waals surface area contributed by atoms with Crippen LogP contribution in [0, 0.1) is 0 Å². The Morgan fingerprint density at radius 2 is 1.70 bits per heavy atom. The van der Waals surface area contributed by atoms with Crippen molar-refractivity contribution in [2.45, 2.75) is 65.1 Å². The molecule has 0 radical (unpaired) electrons. The van der Waals surface area contributed by atoms with Crippen LogP contribution in [-0.4, -0.2) is 46.4 Å². The van der Waals surface area contributed by atoms with Gasteiger partial charge in [-0.3, -0.25) is 9.59 Å². The summed E-state index contributed by atoms with van der Waals surface area (Å²) in [4.78, 5) is 48.2. The van der Waals surface area contributed by atoms with E-state index >= 15 is 0 Å². The zero-order valence-electron chi connectivity index (χ0n) is 20.3. The maximum Gasteiger partial charge on any atom is 0.332 e. The van der Waals surface area contributed by atoms with E-state index in [0.717, 1.165) is 22.6 Å². The molecule has 2 aromatic rings. The largest absolute Gasteiger partial charge is 0.368 e. The van der Waals surface area contributed by atoms with E-state index in [1.807, 2.05) is 45.9 Å². The summed E-state index contributed by atoms with van der Waals surface area (Å²) in [6.45, 7) is 11.6. The van der Waals surface area contributed by atoms with E-state index in [2.05, 4.69) is 10.3 Å². The number of nitrogens with one attached hydrogen (secondary N) is 1. The molecule has 0 aliphatic carbocycles. The first-order chi connectivity index (χ1) is 15.4. The number of pyridine rings is 1. The fourth-order valence-electron chi connectivity index (χ4n) is 4.57. The van der Waals surface area contributed by atoms with E-state index in [-0.39, 0.29) is 30.4 Å². The minimum atomic E-state index is -1.02. The second kappa shape index (κ2) is 7.57. The number of anilines is 3. The lowest BCUT2D eigenvalue weighted by Gasteiger charge is -2.27. The van der Waals surface area contributed by atoms with Crippen molar-refractivity contribution in [2.24, 2.45) is 0 Å². The van der Waals surface area contributed by atoms with Crippen molar-refractivity contribution in [3.05, 3.63) is 47.7 Å². The Labute approximate surface area is 194 Å². The van der Waals surface area contributed by atoms with Crippen molar-refractivity contribution < 1.29 is 14.4 Å². The van der Waals surface area contributed by atoms with Crippen molar-refractivity contribution in [2.75, 3.05) is 22.2 Å². The first-order valence-electron chi connectivity index (χ1n) is 11.2. The Hall–Kier alpha value is -3.42. The molecule has 2 aliphatic heterocycles. The van der Waals surface area contributed by atoms with Crippen LogP contribution in [0.2, 0.25) is 0 Å². The molecule has 0 atom stereocenters. The van der Waals surface area contributed by atoms with Gasteiger partial charge in [0.25, 0.3) is 5.91 Å². The van der Waals surface area contributed by atoms with Crippen molar-refractivity contribution in [3.8, 4) is 0 Å². The standard InChI is InChI=1S/C25H31N5O3/c1-15(2)27-20-12-16(10-11-26-20)14-29-23(33)30(22(32)25(29,5)6)17-8-9-18-19(13-17)28(7)21(31)24(18,3)4/h8-13,15H,14H2,1-7H3,(H,26,27). The molecule has 1 fully saturated rings. The first-order valence-corrected chi connectivity index (χ1v) is 11.2. The SMILES string of the molecule is CC(C)Nc1cc(CN2C(=O)N(c3ccc4c(c3)N(C)C(=O)C4(C)C)C(=O)C2(C)C)ccn1. The molecule has 1 aromatic heterocycles. The van der Waals surface area contributed by atoms with E-state index in [9.17, 15) is 14.4 Å². The van der Waals surface area contributed by atoms with E-state index < -0.39 is 11.0 Å². The van der Waals surface area contributed by atoms with Crippen LogP contribution < -0.4 is 15.1 Å². The number of carbonyl (C=O) groups is 3. The fourth-order valence-corrected chi connectivity index (χ4v) is 4.57. The van der Waals surface area contributed by atoms with Crippen molar-refractivity contribution in [3.63, 3.8) is 0 Å². The molecule has 4 rings (SSSR count). The number of fused-ring (bicyclic) bond motifs is 1. The molecule has 33 heavy (non-hydrogen) atoms. The number of nitrogens with zero attached hydrogens (tertiary/aromatic N) is 4. The van der Waals surface area contributed by atoms with Crippen LogP contribution in [0.15, 0.2) is 36.5 Å². The molecular weight excluding hydrogens is 418 g/mol. The van der Waals surface area contributed by atoms with Gasteiger partial charge in [0.05, 0.1) is 11.1 Å². The van der Waals surface area contributed by atoms with Crippen LogP contribution in [0.3, 0.4) is 0 Å². The molecule has 4 amide bonds. The van der Waals surface area contributed by atoms with Gasteiger partial charge >= 0.3 is 6.03 Å². The van der Waals surface area contributed by atoms with Gasteiger partial charge < -0.3 is 15.1 Å². The lowest BCUT2D eigenvalue weighted by atomic mass is 9.86. The van der Waals surface area contributed by atoms with Crippen LogP contribution in [0.5, 0.6) is 0 Å². The van der Waals surface area contributed by atoms with Gasteiger partial charge in [-0.05, 0) is 76.9 Å². The predicted molar refractivity (Wildman–Crippen MR) is 128 cm³/mol. The summed E-state index contributed by atoms with van der Waals surface area (Å²) in [6, 6.07) is 8.94. The highest BCUT2D eigenvalue weighted by atomic mass is 16.2. The summed E-state index contributed by atoms with van der Waals surface area (Å²) < 4.78 is 0. The summed E-state index contributed by atoms with van der Waals surface area (Å²) in [5.74, 6) is 0.413. The Balaban J connectivity index is 1.66. The lowest BCUT2D eigenvalue weighted by molar-refractivity contribution is -0.123. The third kappa shape index (κ3) is 3.53. The molecule has 1 saturated heterocycles. The number of amides is 4. The highest BCUT2D eigenvalue weighted by Crippen LogP contribution is 2.43. The molecule has 0 saturated carbocycles. The highest BCUT2D eigenvalue weighted by Gasteiger charge is 2.52. The summed E-state index contributed by atoms with van der Waals surface area (Å²) in [5, 5.41) is 3.26. The van der Waals surface area contributed by atoms with Crippen molar-refractivity contribution >= 4 is 35.0 Å². The quantitative estimate of drug-likeness (QED) is 0.700. The Kier molecular flexibility index (Phi) is 5.22. The third-order valence-electron chi connectivity index (χ3n) is 6.54. The Bertz CT molecular complexity index is 1150. The van der Waals surface area contributed by atoms with Gasteiger partial charge in [0.1, 0.15) is 11.4 Å². The minimum Gasteiger partial charge on any atom is -0.368 e. The van der Waals surface area contributed by atoms with Crippen LogP contribution in [-0.2, 0) is 21.5 Å². The van der Waals surface area contributed by atoms with Crippen LogP contribution in [0.1, 0.15) is 52.7 Å². The molecule has 1 N–H and O–H groups in total. The van der Waals surface area contributed by atoms with Gasteiger partial charge in [0, 0.05) is 31.5 Å². The summed E-state index contributed by atoms with van der Waals surface area (Å²) >= 11 is 0. The summed E-state index contributed by atoms with van der Waals surface area (Å²) in [5.41, 5.74) is 1.29. The lowest BCUT2D eigenvalue weighted by Crippen LogP contribution is -2.43. The molecular formula is C25H31N5O3. The smallest absolute Gasteiger partial charge is 0.332 e. The number of aromatic nitrogens is 1. The van der Waals surface area contributed by atoms with Gasteiger partial charge in [0.2, 0.25) is 5.91 Å². The number of likely N-dealkylation sites (N-methyl/N-ethyl adjacent to an activating group) is 1. The number of rotatable bonds is 5. The number of urea groups is 1. The van der Waals surface area contributed by atoms with E-state index in [1.165, 1.54) is 4.90 Å². The summed E-state index contributed by atoms with van der Waals surface area (Å²) in [6.07, 6.45) is 1.70. The number of hydrogen-bond donors (Lipinski definition) is 1. The number of benzene rings is 1. The van der Waals surface area contributed by atoms with E-state index in [1.54, 1.807) is 49.0 Å². The molecule has 174 valence electrons. The van der Waals surface area contributed by atoms with Crippen molar-refractivity contribution in [1.29, 1.82) is 0 Å². The van der Waals surface area contributed by atoms with E-state index in [0.29, 0.717) is 5.69 Å². The molecule has 1 aromatic carbocycles. The average molecular weight is 450 g/mol. The van der Waals surface area contributed by atoms with Crippen LogP contribution in [0.25, 0.3) is 0 Å². The maximum absolute atomic E-state index is 13.5. The minimum absolute atomic E-state index is 0.0146. The second-order valence-corrected chi connectivity index (χ2v) is 10.1. The monoisotopic (exact) mass is 449 g/mol. The fraction of sp³-hybridized carbons (Fsp3) is 0.440. The average Bonchev–Trinajstić information content (AvgIpc) is 3.02. The van der Waals surface area contributed by atoms with Crippen LogP contribution in [0.4, 0.5) is 22.0 Å². The normalized spacial score (nSPS) is 19.0. The molecule has 0 bridgehead atoms. The summed E-state index contributed by atoms with van der Waals surface area (Å²) in [7, 11) is 1.72. The Morgan fingerprint density at radius 1 is 1.00 bits per heavy atom. The van der Waals surface area contributed by atoms with Gasteiger partial charge in [-0.15, -0.1) is 0 Å². The zero-order valence-corrected chi connectivity index (χ0v) is 20.3. The predicted octanol–water partition coefficient (Wildman–Crippen LogP) is 3.90. The molecule has 3 heterocycles. The number of hydrogen-bond acceptors (Lipinski definition) is 5. The Morgan fingerprint density at radius 3 is 2.36 bits per heavy atom. The van der Waals surface area contributed by atoms with Gasteiger partial charge in [-0.2, -0.15) is 0 Å². The third-order valence-corrected chi connectivity index (χ3v) is 6.54. The highest BCUT2D eigenvalue weighted by molar-refractivity contribution is 6.23. The zero-order chi connectivity index (χ0) is 24.3. The van der Waals surface area contributed by atoms with Crippen LogP contribution >= 0.6 is 0 Å². The number of carbonyl (C=O) groups excluding carboxylic acids is 3. The van der Waals surface area contributed by atoms with Gasteiger partial charge in [-0.25, -0.2) is 14.7 Å². The van der Waals surface area contributed by atoms with Gasteiger partial charge in [0.15, 0.2) is 0 Å². The molecule has 2 aliphatic rings. The number of imide groups is 1. The molecule has 8 nitrogen and oxygen atoms in total. The topological polar surface area (TPSA) is 85.9 Å². The van der Waals surface area contributed by atoms with Gasteiger partial charge in [-0.1, -0.05) is 6.07 Å². The maximum atomic E-state index is 13.5.